The quantitative estimate of drug-likeness (QED) is 0.233. The molecule has 1 amide bonds. The van der Waals surface area contributed by atoms with E-state index in [1.807, 2.05) is 0 Å². The Morgan fingerprint density at radius 1 is 1.22 bits per heavy atom. The Labute approximate surface area is 160 Å². The van der Waals surface area contributed by atoms with E-state index in [9.17, 15) is 9.59 Å². The summed E-state index contributed by atoms with van der Waals surface area (Å²) in [5.74, 6) is 0.0969. The van der Waals surface area contributed by atoms with Gasteiger partial charge in [0.15, 0.2) is 16.7 Å². The van der Waals surface area contributed by atoms with Crippen LogP contribution in [-0.4, -0.2) is 57.8 Å². The molecule has 0 unspecified atom stereocenters. The van der Waals surface area contributed by atoms with Crippen LogP contribution in [0.25, 0.3) is 0 Å². The van der Waals surface area contributed by atoms with Crippen LogP contribution in [0.3, 0.4) is 0 Å². The van der Waals surface area contributed by atoms with Gasteiger partial charge in [-0.25, -0.2) is 4.79 Å². The van der Waals surface area contributed by atoms with E-state index in [1.54, 1.807) is 32.4 Å². The molecule has 0 bridgehead atoms. The Morgan fingerprint density at radius 3 is 2.74 bits per heavy atom. The highest BCUT2D eigenvalue weighted by Gasteiger charge is 2.24. The molecule has 0 atom stereocenters. The second kappa shape index (κ2) is 10.3. The summed E-state index contributed by atoms with van der Waals surface area (Å²) >= 11 is 0.998. The molecule has 1 N–H and O–H groups in total. The second-order valence-corrected chi connectivity index (χ2v) is 6.02. The minimum absolute atomic E-state index is 0.190. The first-order valence-corrected chi connectivity index (χ1v) is 8.58. The lowest BCUT2D eigenvalue weighted by atomic mass is 10.2. The van der Waals surface area contributed by atoms with Crippen LogP contribution >= 0.6 is 11.8 Å². The average Bonchev–Trinajstić information content (AvgIpc) is 3.01. The molecule has 1 heterocycles. The van der Waals surface area contributed by atoms with Crippen molar-refractivity contribution in [3.63, 3.8) is 0 Å². The zero-order valence-electron chi connectivity index (χ0n) is 15.1. The van der Waals surface area contributed by atoms with Crippen molar-refractivity contribution in [1.82, 2.24) is 5.32 Å². The number of amidine groups is 1. The number of nitrogens with zero attached hydrogens (tertiary/aromatic N) is 2. The van der Waals surface area contributed by atoms with Crippen molar-refractivity contribution in [3.05, 3.63) is 34.7 Å². The van der Waals surface area contributed by atoms with Gasteiger partial charge in [-0.2, -0.15) is 5.10 Å². The van der Waals surface area contributed by atoms with Gasteiger partial charge >= 0.3 is 5.97 Å². The third-order valence-corrected chi connectivity index (χ3v) is 4.09. The predicted octanol–water partition coefficient (Wildman–Crippen LogP) is 1.33. The first-order chi connectivity index (χ1) is 13.1. The van der Waals surface area contributed by atoms with Gasteiger partial charge in [-0.1, -0.05) is 0 Å². The fourth-order valence-electron chi connectivity index (χ4n) is 1.91. The van der Waals surface area contributed by atoms with Crippen LogP contribution in [0.4, 0.5) is 0 Å². The molecule has 144 valence electrons. The van der Waals surface area contributed by atoms with Crippen molar-refractivity contribution in [2.24, 2.45) is 10.2 Å². The minimum atomic E-state index is -0.614. The van der Waals surface area contributed by atoms with Crippen LogP contribution < -0.4 is 14.8 Å². The van der Waals surface area contributed by atoms with Crippen molar-refractivity contribution in [2.45, 2.75) is 0 Å². The number of methoxy groups -OCH3 is 3. The molecule has 1 fully saturated rings. The van der Waals surface area contributed by atoms with E-state index in [2.05, 4.69) is 20.3 Å². The lowest BCUT2D eigenvalue weighted by Gasteiger charge is -2.10. The van der Waals surface area contributed by atoms with Gasteiger partial charge in [0.25, 0.3) is 5.91 Å². The van der Waals surface area contributed by atoms with Gasteiger partial charge in [0.2, 0.25) is 0 Å². The lowest BCUT2D eigenvalue weighted by molar-refractivity contribution is -0.135. The number of rotatable bonds is 8. The van der Waals surface area contributed by atoms with Crippen molar-refractivity contribution in [2.75, 3.05) is 34.5 Å². The molecule has 1 aromatic rings. The summed E-state index contributed by atoms with van der Waals surface area (Å²) in [6.07, 6.45) is 2.60. The van der Waals surface area contributed by atoms with Gasteiger partial charge in [-0.05, 0) is 35.5 Å². The first-order valence-electron chi connectivity index (χ1n) is 7.77. The molecule has 0 spiro atoms. The maximum absolute atomic E-state index is 11.7. The summed E-state index contributed by atoms with van der Waals surface area (Å²) in [7, 11) is 4.37. The Balaban J connectivity index is 2.03. The molecule has 1 aromatic carbocycles. The van der Waals surface area contributed by atoms with Gasteiger partial charge in [0.05, 0.1) is 31.9 Å². The highest BCUT2D eigenvalue weighted by molar-refractivity contribution is 8.18. The fraction of sp³-hybridized carbons (Fsp3) is 0.294. The summed E-state index contributed by atoms with van der Waals surface area (Å²) in [6.45, 7) is 0.881. The van der Waals surface area contributed by atoms with Crippen molar-refractivity contribution >= 4 is 35.0 Å². The number of amides is 1. The van der Waals surface area contributed by atoms with Crippen LogP contribution in [0.1, 0.15) is 5.56 Å². The van der Waals surface area contributed by atoms with Gasteiger partial charge in [-0.3, -0.25) is 10.1 Å². The van der Waals surface area contributed by atoms with E-state index >= 15 is 0 Å². The number of benzene rings is 1. The Bertz CT molecular complexity index is 791. The Morgan fingerprint density at radius 2 is 2.04 bits per heavy atom. The molecule has 1 aliphatic heterocycles. The molecule has 2 rings (SSSR count). The second-order valence-electron chi connectivity index (χ2n) is 4.99. The number of thioether (sulfide) groups is 1. The number of nitrogens with one attached hydrogen (secondary N) is 1. The molecule has 9 nitrogen and oxygen atoms in total. The third kappa shape index (κ3) is 6.12. The highest BCUT2D eigenvalue weighted by atomic mass is 32.2. The predicted molar refractivity (Wildman–Crippen MR) is 101 cm³/mol. The van der Waals surface area contributed by atoms with Gasteiger partial charge < -0.3 is 18.9 Å². The number of esters is 1. The number of ether oxygens (including phenoxy) is 4. The summed E-state index contributed by atoms with van der Waals surface area (Å²) in [5.41, 5.74) is 0.731. The van der Waals surface area contributed by atoms with Crippen LogP contribution in [0.5, 0.6) is 11.5 Å². The van der Waals surface area contributed by atoms with Crippen molar-refractivity contribution < 1.29 is 28.5 Å². The molecular weight excluding hydrogens is 374 g/mol. The van der Waals surface area contributed by atoms with Gasteiger partial charge in [0, 0.05) is 13.2 Å². The summed E-state index contributed by atoms with van der Waals surface area (Å²) in [5, 5.41) is 10.6. The maximum Gasteiger partial charge on any atom is 0.331 e. The van der Waals surface area contributed by atoms with E-state index in [-0.39, 0.29) is 10.1 Å². The third-order valence-electron chi connectivity index (χ3n) is 3.19. The zero-order chi connectivity index (χ0) is 19.6. The van der Waals surface area contributed by atoms with Crippen LogP contribution in [0, 0.1) is 0 Å². The largest absolute Gasteiger partial charge is 0.493 e. The van der Waals surface area contributed by atoms with E-state index in [1.165, 1.54) is 13.3 Å². The summed E-state index contributed by atoms with van der Waals surface area (Å²) in [4.78, 5) is 23.1. The Hall–Kier alpha value is -2.85. The maximum atomic E-state index is 11.7. The number of hydrogen-bond acceptors (Lipinski definition) is 9. The SMILES string of the molecule is COCCOc1ccc(C=N/N=C2/NC(=O)/C(=C\C(=O)OC)S2)cc1OC. The van der Waals surface area contributed by atoms with E-state index in [4.69, 9.17) is 14.2 Å². The summed E-state index contributed by atoms with van der Waals surface area (Å²) in [6, 6.07) is 5.29. The van der Waals surface area contributed by atoms with E-state index < -0.39 is 11.9 Å². The molecule has 0 radical (unpaired) electrons. The standard InChI is InChI=1S/C17H19N3O6S/c1-23-6-7-26-12-5-4-11(8-13(12)24-2)10-18-20-17-19-16(22)14(27-17)9-15(21)25-3/h4-5,8-10H,6-7H2,1-3H3,(H,19,20,22)/b14-9+,18-10?. The lowest BCUT2D eigenvalue weighted by Crippen LogP contribution is -2.19. The van der Waals surface area contributed by atoms with Gasteiger partial charge in [-0.15, -0.1) is 5.10 Å². The molecule has 27 heavy (non-hydrogen) atoms. The zero-order valence-corrected chi connectivity index (χ0v) is 15.9. The average molecular weight is 393 g/mol. The molecule has 10 heteroatoms. The fourth-order valence-corrected chi connectivity index (χ4v) is 2.65. The smallest absolute Gasteiger partial charge is 0.331 e. The number of hydrogen-bond donors (Lipinski definition) is 1. The van der Waals surface area contributed by atoms with Crippen LogP contribution in [-0.2, 0) is 19.1 Å². The topological polar surface area (TPSA) is 108 Å². The van der Waals surface area contributed by atoms with Crippen LogP contribution in [0.15, 0.2) is 39.4 Å². The van der Waals surface area contributed by atoms with Crippen molar-refractivity contribution in [1.29, 1.82) is 0 Å². The normalized spacial score (nSPS) is 16.8. The number of carbonyl (C=O) groups excluding carboxylic acids is 2. The number of carbonyl (C=O) groups is 2. The van der Waals surface area contributed by atoms with Crippen molar-refractivity contribution in [3.8, 4) is 11.5 Å². The molecule has 0 saturated carbocycles. The summed E-state index contributed by atoms with van der Waals surface area (Å²) < 4.78 is 20.3. The van der Waals surface area contributed by atoms with Gasteiger partial charge in [0.1, 0.15) is 6.61 Å². The molecule has 0 aromatic heterocycles. The molecule has 0 aliphatic carbocycles. The molecular formula is C17H19N3O6S. The Kier molecular flexibility index (Phi) is 7.83. The first kappa shape index (κ1) is 20.5. The monoisotopic (exact) mass is 393 g/mol. The van der Waals surface area contributed by atoms with E-state index in [0.29, 0.717) is 24.7 Å². The minimum Gasteiger partial charge on any atom is -0.493 e. The molecule has 1 saturated heterocycles. The molecule has 1 aliphatic rings. The van der Waals surface area contributed by atoms with Crippen LogP contribution in [0.2, 0.25) is 0 Å². The highest BCUT2D eigenvalue weighted by Crippen LogP contribution is 2.27. The van der Waals surface area contributed by atoms with E-state index in [0.717, 1.165) is 23.4 Å².